The van der Waals surface area contributed by atoms with Gasteiger partial charge in [-0.3, -0.25) is 0 Å². The van der Waals surface area contributed by atoms with E-state index in [2.05, 4.69) is 11.2 Å². The van der Waals surface area contributed by atoms with E-state index >= 15 is 0 Å². The summed E-state index contributed by atoms with van der Waals surface area (Å²) in [7, 11) is 0. The summed E-state index contributed by atoms with van der Waals surface area (Å²) in [4.78, 5) is 5.09. The van der Waals surface area contributed by atoms with Crippen molar-refractivity contribution >= 4 is 17.2 Å². The summed E-state index contributed by atoms with van der Waals surface area (Å²) in [6, 6.07) is 3.95. The molecule has 2 aromatic rings. The fourth-order valence-electron chi connectivity index (χ4n) is 2.37. The van der Waals surface area contributed by atoms with Crippen LogP contribution in [0.2, 0.25) is 0 Å². The predicted octanol–water partition coefficient (Wildman–Crippen LogP) is 1.78. The number of hydrogen-bond donors (Lipinski definition) is 1. The number of thiocarbonyl (C=S) groups is 1. The summed E-state index contributed by atoms with van der Waals surface area (Å²) in [6.45, 7) is 0. The number of fused-ring (bicyclic) bond motifs is 1. The molecule has 1 aliphatic rings. The summed E-state index contributed by atoms with van der Waals surface area (Å²) in [6.07, 6.45) is 8.10. The standard InChI is InChI=1S/C13H14N4S/c14-12(18)10-8-9-4-1-2-5-11(9)16-13(10)17-7-3-6-15-17/h3,6-8H,1-2,4-5H2,(H2,14,18). The third kappa shape index (κ3) is 1.90. The second kappa shape index (κ2) is 4.49. The van der Waals surface area contributed by atoms with Crippen LogP contribution in [0.4, 0.5) is 0 Å². The van der Waals surface area contributed by atoms with Gasteiger partial charge >= 0.3 is 0 Å². The Morgan fingerprint density at radius 2 is 2.17 bits per heavy atom. The van der Waals surface area contributed by atoms with Crippen LogP contribution in [-0.2, 0) is 12.8 Å². The quantitative estimate of drug-likeness (QED) is 0.834. The van der Waals surface area contributed by atoms with Crippen molar-refractivity contribution in [3.63, 3.8) is 0 Å². The Bertz CT molecular complexity index is 589. The highest BCUT2D eigenvalue weighted by atomic mass is 32.1. The minimum atomic E-state index is 0.376. The molecule has 0 atom stereocenters. The molecule has 1 aliphatic carbocycles. The van der Waals surface area contributed by atoms with Crippen molar-refractivity contribution < 1.29 is 0 Å². The normalized spacial score (nSPS) is 14.2. The number of hydrogen-bond acceptors (Lipinski definition) is 3. The molecular formula is C13H14N4S. The van der Waals surface area contributed by atoms with E-state index in [0.717, 1.165) is 29.9 Å². The van der Waals surface area contributed by atoms with Crippen molar-refractivity contribution in [3.05, 3.63) is 41.3 Å². The SMILES string of the molecule is NC(=S)c1cc2c(nc1-n1cccn1)CCCC2. The number of nitrogens with two attached hydrogens (primary N) is 1. The molecular weight excluding hydrogens is 244 g/mol. The fraction of sp³-hybridized carbons (Fsp3) is 0.308. The third-order valence-corrected chi connectivity index (χ3v) is 3.49. The molecule has 0 fully saturated rings. The average Bonchev–Trinajstić information content (AvgIpc) is 2.91. The molecule has 2 aromatic heterocycles. The van der Waals surface area contributed by atoms with E-state index < -0.39 is 0 Å². The topological polar surface area (TPSA) is 56.7 Å². The van der Waals surface area contributed by atoms with E-state index in [1.807, 2.05) is 12.3 Å². The first-order valence-corrected chi connectivity index (χ1v) is 6.49. The van der Waals surface area contributed by atoms with E-state index in [4.69, 9.17) is 22.9 Å². The van der Waals surface area contributed by atoms with Gasteiger partial charge in [-0.1, -0.05) is 12.2 Å². The maximum Gasteiger partial charge on any atom is 0.163 e. The minimum Gasteiger partial charge on any atom is -0.389 e. The highest BCUT2D eigenvalue weighted by Crippen LogP contribution is 2.23. The first-order valence-electron chi connectivity index (χ1n) is 6.08. The maximum absolute atomic E-state index is 5.80. The van der Waals surface area contributed by atoms with Gasteiger partial charge in [0.25, 0.3) is 0 Å². The van der Waals surface area contributed by atoms with Crippen molar-refractivity contribution in [3.8, 4) is 5.82 Å². The Morgan fingerprint density at radius 3 is 2.89 bits per heavy atom. The molecule has 3 rings (SSSR count). The van der Waals surface area contributed by atoms with E-state index in [1.54, 1.807) is 10.9 Å². The summed E-state index contributed by atoms with van der Waals surface area (Å²) >= 11 is 5.13. The average molecular weight is 258 g/mol. The molecule has 0 radical (unpaired) electrons. The second-order valence-corrected chi connectivity index (χ2v) is 4.93. The summed E-state index contributed by atoms with van der Waals surface area (Å²) in [5.41, 5.74) is 9.06. The lowest BCUT2D eigenvalue weighted by Crippen LogP contribution is -2.18. The molecule has 92 valence electrons. The molecule has 0 aromatic carbocycles. The van der Waals surface area contributed by atoms with Gasteiger partial charge in [-0.15, -0.1) is 0 Å². The van der Waals surface area contributed by atoms with Crippen LogP contribution in [0, 0.1) is 0 Å². The van der Waals surface area contributed by atoms with Crippen LogP contribution < -0.4 is 5.73 Å². The molecule has 2 heterocycles. The van der Waals surface area contributed by atoms with Gasteiger partial charge < -0.3 is 5.73 Å². The first kappa shape index (κ1) is 11.3. The molecule has 0 bridgehead atoms. The van der Waals surface area contributed by atoms with Crippen LogP contribution in [0.1, 0.15) is 29.7 Å². The van der Waals surface area contributed by atoms with Gasteiger partial charge in [0.15, 0.2) is 5.82 Å². The first-order chi connectivity index (χ1) is 8.75. The molecule has 18 heavy (non-hydrogen) atoms. The molecule has 0 unspecified atom stereocenters. The van der Waals surface area contributed by atoms with Crippen LogP contribution in [0.5, 0.6) is 0 Å². The van der Waals surface area contributed by atoms with Crippen molar-refractivity contribution in [1.29, 1.82) is 0 Å². The molecule has 4 nitrogen and oxygen atoms in total. The van der Waals surface area contributed by atoms with Gasteiger partial charge in [-0.2, -0.15) is 5.10 Å². The molecule has 5 heteroatoms. The summed E-state index contributed by atoms with van der Waals surface area (Å²) in [5.74, 6) is 0.744. The van der Waals surface area contributed by atoms with Gasteiger partial charge in [-0.05, 0) is 43.4 Å². The Labute approximate surface area is 111 Å². The largest absolute Gasteiger partial charge is 0.389 e. The molecule has 0 spiro atoms. The molecule has 2 N–H and O–H groups in total. The van der Waals surface area contributed by atoms with Crippen molar-refractivity contribution in [2.24, 2.45) is 5.73 Å². The van der Waals surface area contributed by atoms with Crippen molar-refractivity contribution in [2.75, 3.05) is 0 Å². The molecule has 0 aliphatic heterocycles. The van der Waals surface area contributed by atoms with Crippen molar-refractivity contribution in [2.45, 2.75) is 25.7 Å². The van der Waals surface area contributed by atoms with Gasteiger partial charge in [0, 0.05) is 18.1 Å². The van der Waals surface area contributed by atoms with Crippen LogP contribution in [0.3, 0.4) is 0 Å². The number of nitrogens with zero attached hydrogens (tertiary/aromatic N) is 3. The highest BCUT2D eigenvalue weighted by Gasteiger charge is 2.17. The summed E-state index contributed by atoms with van der Waals surface area (Å²) < 4.78 is 1.73. The van der Waals surface area contributed by atoms with E-state index in [9.17, 15) is 0 Å². The third-order valence-electron chi connectivity index (χ3n) is 3.27. The zero-order valence-electron chi connectivity index (χ0n) is 9.97. The van der Waals surface area contributed by atoms with E-state index in [1.165, 1.54) is 18.4 Å². The van der Waals surface area contributed by atoms with Crippen molar-refractivity contribution in [1.82, 2.24) is 14.8 Å². The zero-order valence-corrected chi connectivity index (χ0v) is 10.8. The van der Waals surface area contributed by atoms with Gasteiger partial charge in [0.2, 0.25) is 0 Å². The minimum absolute atomic E-state index is 0.376. The lowest BCUT2D eigenvalue weighted by atomic mass is 9.94. The maximum atomic E-state index is 5.80. The predicted molar refractivity (Wildman–Crippen MR) is 73.9 cm³/mol. The van der Waals surface area contributed by atoms with Crippen LogP contribution in [0.25, 0.3) is 5.82 Å². The van der Waals surface area contributed by atoms with Gasteiger partial charge in [0.05, 0.1) is 5.56 Å². The zero-order chi connectivity index (χ0) is 12.5. The number of aromatic nitrogens is 3. The number of pyridine rings is 1. The smallest absolute Gasteiger partial charge is 0.163 e. The van der Waals surface area contributed by atoms with Crippen LogP contribution in [-0.4, -0.2) is 19.8 Å². The van der Waals surface area contributed by atoms with Crippen LogP contribution in [0.15, 0.2) is 24.5 Å². The number of aryl methyl sites for hydroxylation is 2. The van der Waals surface area contributed by atoms with Gasteiger partial charge in [-0.25, -0.2) is 9.67 Å². The lowest BCUT2D eigenvalue weighted by Gasteiger charge is -2.18. The molecule has 0 saturated carbocycles. The highest BCUT2D eigenvalue weighted by molar-refractivity contribution is 7.80. The molecule has 0 saturated heterocycles. The monoisotopic (exact) mass is 258 g/mol. The number of rotatable bonds is 2. The Kier molecular flexibility index (Phi) is 2.83. The Hall–Kier alpha value is -1.75. The Morgan fingerprint density at radius 1 is 1.33 bits per heavy atom. The van der Waals surface area contributed by atoms with Gasteiger partial charge in [0.1, 0.15) is 4.99 Å². The molecule has 0 amide bonds. The van der Waals surface area contributed by atoms with E-state index in [0.29, 0.717) is 4.99 Å². The second-order valence-electron chi connectivity index (χ2n) is 4.49. The van der Waals surface area contributed by atoms with Crippen LogP contribution >= 0.6 is 12.2 Å². The summed E-state index contributed by atoms with van der Waals surface area (Å²) in [5, 5.41) is 4.22. The Balaban J connectivity index is 2.19. The lowest BCUT2D eigenvalue weighted by molar-refractivity contribution is 0.661. The van der Waals surface area contributed by atoms with E-state index in [-0.39, 0.29) is 0 Å². The fourth-order valence-corrected chi connectivity index (χ4v) is 2.52.